The molecule has 1 amide bonds. The van der Waals surface area contributed by atoms with E-state index in [1.807, 2.05) is 6.92 Å². The first-order valence-corrected chi connectivity index (χ1v) is 7.43. The molecule has 0 bridgehead atoms. The maximum absolute atomic E-state index is 12.9. The van der Waals surface area contributed by atoms with Crippen molar-refractivity contribution in [1.82, 2.24) is 15.1 Å². The van der Waals surface area contributed by atoms with Crippen molar-refractivity contribution in [2.75, 3.05) is 6.54 Å². The van der Waals surface area contributed by atoms with Crippen LogP contribution < -0.4 is 5.32 Å². The van der Waals surface area contributed by atoms with Crippen molar-refractivity contribution in [2.24, 2.45) is 0 Å². The zero-order valence-corrected chi connectivity index (χ0v) is 12.9. The van der Waals surface area contributed by atoms with Crippen LogP contribution in [0.3, 0.4) is 0 Å². The summed E-state index contributed by atoms with van der Waals surface area (Å²) < 4.78 is 57.1. The molecule has 0 aliphatic heterocycles. The molecule has 0 fully saturated rings. The third kappa shape index (κ3) is 4.36. The lowest BCUT2D eigenvalue weighted by atomic mass is 10.3. The Morgan fingerprint density at radius 3 is 2.67 bits per heavy atom. The number of amides is 1. The number of halogens is 4. The fourth-order valence-corrected chi connectivity index (χ4v) is 2.06. The van der Waals surface area contributed by atoms with Crippen molar-refractivity contribution in [1.29, 1.82) is 0 Å². The lowest BCUT2D eigenvalue weighted by Gasteiger charge is -2.04. The average molecular weight is 347 g/mol. The summed E-state index contributed by atoms with van der Waals surface area (Å²) in [7, 11) is 0. The molecular weight excluding hydrogens is 330 g/mol. The van der Waals surface area contributed by atoms with Gasteiger partial charge in [0.15, 0.2) is 5.76 Å². The van der Waals surface area contributed by atoms with Gasteiger partial charge < -0.3 is 9.73 Å². The number of carbonyl (C=O) groups excluding carboxylic acids is 1. The molecule has 9 heteroatoms. The number of rotatable bonds is 8. The highest BCUT2D eigenvalue weighted by atomic mass is 19.3. The number of hydrogen-bond donors (Lipinski definition) is 1. The van der Waals surface area contributed by atoms with Crippen LogP contribution in [0.1, 0.15) is 60.3 Å². The van der Waals surface area contributed by atoms with E-state index in [1.165, 1.54) is 12.1 Å². The van der Waals surface area contributed by atoms with Crippen molar-refractivity contribution in [2.45, 2.75) is 39.2 Å². The van der Waals surface area contributed by atoms with Crippen molar-refractivity contribution < 1.29 is 26.8 Å². The minimum absolute atomic E-state index is 0.0286. The van der Waals surface area contributed by atoms with E-state index in [2.05, 4.69) is 10.4 Å². The Bertz CT molecular complexity index is 682. The highest BCUT2D eigenvalue weighted by Crippen LogP contribution is 2.25. The number of nitrogens with zero attached hydrogens (tertiary/aromatic N) is 2. The number of unbranched alkanes of at least 4 members (excludes halogenated alkanes) is 1. The Labute approximate surface area is 135 Å². The predicted octanol–water partition coefficient (Wildman–Crippen LogP) is 3.93. The molecule has 0 aliphatic carbocycles. The summed E-state index contributed by atoms with van der Waals surface area (Å²) in [4.78, 5) is 11.8. The molecule has 0 aromatic carbocycles. The van der Waals surface area contributed by atoms with Crippen LogP contribution in [-0.4, -0.2) is 22.2 Å². The zero-order valence-electron chi connectivity index (χ0n) is 12.9. The fourth-order valence-electron chi connectivity index (χ4n) is 2.06. The minimum atomic E-state index is -2.95. The lowest BCUT2D eigenvalue weighted by molar-refractivity contribution is 0.0922. The molecule has 0 saturated heterocycles. The molecule has 2 heterocycles. The van der Waals surface area contributed by atoms with Gasteiger partial charge >= 0.3 is 0 Å². The number of aromatic nitrogens is 2. The monoisotopic (exact) mass is 347 g/mol. The van der Waals surface area contributed by atoms with Gasteiger partial charge in [0.05, 0.1) is 6.54 Å². The second kappa shape index (κ2) is 7.98. The molecule has 132 valence electrons. The summed E-state index contributed by atoms with van der Waals surface area (Å²) in [5.74, 6) is -0.222. The molecule has 0 spiro atoms. The van der Waals surface area contributed by atoms with Gasteiger partial charge in [0.2, 0.25) is 0 Å². The first-order chi connectivity index (χ1) is 11.4. The zero-order chi connectivity index (χ0) is 17.7. The van der Waals surface area contributed by atoms with Crippen LogP contribution in [0.25, 0.3) is 0 Å². The van der Waals surface area contributed by atoms with Gasteiger partial charge in [0.1, 0.15) is 17.1 Å². The normalized spacial score (nSPS) is 11.5. The standard InChI is InChI=1S/C15H17F4N3O2/c1-2-3-6-20-15(23)12-5-4-9(24-12)8-22-11(14(18)19)7-10(21-22)13(16)17/h4-5,7,13-14H,2-3,6,8H2,1H3,(H,20,23). The van der Waals surface area contributed by atoms with Gasteiger partial charge in [-0.2, -0.15) is 5.10 Å². The highest BCUT2D eigenvalue weighted by Gasteiger charge is 2.22. The van der Waals surface area contributed by atoms with Gasteiger partial charge in [-0.25, -0.2) is 17.6 Å². The van der Waals surface area contributed by atoms with Crippen molar-refractivity contribution >= 4 is 5.91 Å². The summed E-state index contributed by atoms with van der Waals surface area (Å²) in [6, 6.07) is 3.49. The molecule has 2 aromatic rings. The first-order valence-electron chi connectivity index (χ1n) is 7.43. The molecule has 0 saturated carbocycles. The number of furan rings is 1. The van der Waals surface area contributed by atoms with Crippen LogP contribution in [0.15, 0.2) is 22.6 Å². The van der Waals surface area contributed by atoms with Crippen LogP contribution in [0.2, 0.25) is 0 Å². The lowest BCUT2D eigenvalue weighted by Crippen LogP contribution is -2.23. The Hall–Kier alpha value is -2.32. The van der Waals surface area contributed by atoms with E-state index in [0.717, 1.165) is 17.5 Å². The molecule has 2 rings (SSSR count). The van der Waals surface area contributed by atoms with Crippen molar-refractivity contribution in [3.8, 4) is 0 Å². The van der Waals surface area contributed by atoms with E-state index in [9.17, 15) is 22.4 Å². The smallest absolute Gasteiger partial charge is 0.286 e. The van der Waals surface area contributed by atoms with Crippen LogP contribution in [0.4, 0.5) is 17.6 Å². The fraction of sp³-hybridized carbons (Fsp3) is 0.467. The number of hydrogen-bond acceptors (Lipinski definition) is 3. The molecule has 0 aliphatic rings. The third-order valence-corrected chi connectivity index (χ3v) is 3.28. The maximum Gasteiger partial charge on any atom is 0.286 e. The molecular formula is C15H17F4N3O2. The van der Waals surface area contributed by atoms with Crippen LogP contribution >= 0.6 is 0 Å². The van der Waals surface area contributed by atoms with Gasteiger partial charge in [-0.05, 0) is 24.6 Å². The van der Waals surface area contributed by atoms with E-state index in [1.54, 1.807) is 0 Å². The van der Waals surface area contributed by atoms with E-state index >= 15 is 0 Å². The highest BCUT2D eigenvalue weighted by molar-refractivity contribution is 5.91. The Balaban J connectivity index is 2.10. The molecule has 0 unspecified atom stereocenters. The summed E-state index contributed by atoms with van der Waals surface area (Å²) >= 11 is 0. The van der Waals surface area contributed by atoms with Gasteiger partial charge in [0, 0.05) is 6.54 Å². The summed E-state index contributed by atoms with van der Waals surface area (Å²) in [6.07, 6.45) is -4.15. The Morgan fingerprint density at radius 1 is 1.29 bits per heavy atom. The summed E-state index contributed by atoms with van der Waals surface area (Å²) in [5, 5.41) is 6.12. The minimum Gasteiger partial charge on any atom is -0.454 e. The molecule has 1 N–H and O–H groups in total. The predicted molar refractivity (Wildman–Crippen MR) is 77.2 cm³/mol. The van der Waals surface area contributed by atoms with Gasteiger partial charge in [-0.15, -0.1) is 0 Å². The molecule has 0 radical (unpaired) electrons. The molecule has 5 nitrogen and oxygen atoms in total. The summed E-state index contributed by atoms with van der Waals surface area (Å²) in [6.45, 7) is 2.21. The van der Waals surface area contributed by atoms with Crippen LogP contribution in [-0.2, 0) is 6.54 Å². The van der Waals surface area contributed by atoms with Gasteiger partial charge in [-0.3, -0.25) is 9.48 Å². The first kappa shape index (κ1) is 18.0. The molecule has 0 atom stereocenters. The maximum atomic E-state index is 12.9. The molecule has 24 heavy (non-hydrogen) atoms. The average Bonchev–Trinajstić information content (AvgIpc) is 3.15. The third-order valence-electron chi connectivity index (χ3n) is 3.28. The van der Waals surface area contributed by atoms with Crippen molar-refractivity contribution in [3.05, 3.63) is 41.1 Å². The topological polar surface area (TPSA) is 60.1 Å². The number of nitrogens with one attached hydrogen (secondary N) is 1. The van der Waals surface area contributed by atoms with E-state index in [0.29, 0.717) is 12.6 Å². The van der Waals surface area contributed by atoms with E-state index in [4.69, 9.17) is 4.42 Å². The van der Waals surface area contributed by atoms with Gasteiger partial charge in [-0.1, -0.05) is 13.3 Å². The Morgan fingerprint density at radius 2 is 2.04 bits per heavy atom. The Kier molecular flexibility index (Phi) is 5.99. The number of carbonyl (C=O) groups is 1. The van der Waals surface area contributed by atoms with Gasteiger partial charge in [0.25, 0.3) is 18.8 Å². The van der Waals surface area contributed by atoms with E-state index in [-0.39, 0.29) is 18.1 Å². The van der Waals surface area contributed by atoms with Crippen molar-refractivity contribution in [3.63, 3.8) is 0 Å². The van der Waals surface area contributed by atoms with E-state index < -0.39 is 30.1 Å². The number of alkyl halides is 4. The van der Waals surface area contributed by atoms with Crippen LogP contribution in [0.5, 0.6) is 0 Å². The van der Waals surface area contributed by atoms with Crippen LogP contribution in [0, 0.1) is 0 Å². The SMILES string of the molecule is CCCCNC(=O)c1ccc(Cn2nc(C(F)F)cc2C(F)F)o1. The quantitative estimate of drug-likeness (QED) is 0.581. The largest absolute Gasteiger partial charge is 0.454 e. The second-order valence-corrected chi connectivity index (χ2v) is 5.13. The summed E-state index contributed by atoms with van der Waals surface area (Å²) in [5.41, 5.74) is -1.36. The second-order valence-electron chi connectivity index (χ2n) is 5.13. The molecule has 2 aromatic heterocycles.